The zero-order chi connectivity index (χ0) is 11.7. The quantitative estimate of drug-likeness (QED) is 0.669. The van der Waals surface area contributed by atoms with E-state index in [1.807, 2.05) is 29.0 Å². The molecule has 0 aliphatic heterocycles. The van der Waals surface area contributed by atoms with E-state index in [1.165, 1.54) is 5.39 Å². The zero-order valence-corrected chi connectivity index (χ0v) is 9.50. The Morgan fingerprint density at radius 1 is 1.18 bits per heavy atom. The van der Waals surface area contributed by atoms with E-state index < -0.39 is 0 Å². The van der Waals surface area contributed by atoms with Gasteiger partial charge in [-0.15, -0.1) is 0 Å². The molecule has 0 N–H and O–H groups in total. The lowest BCUT2D eigenvalue weighted by Gasteiger charge is -2.08. The summed E-state index contributed by atoms with van der Waals surface area (Å²) in [6.07, 6.45) is 5.52. The molecule has 17 heavy (non-hydrogen) atoms. The molecule has 2 aromatic carbocycles. The van der Waals surface area contributed by atoms with Crippen LogP contribution < -0.4 is 4.74 Å². The molecule has 0 saturated carbocycles. The predicted molar refractivity (Wildman–Crippen MR) is 67.6 cm³/mol. The highest BCUT2D eigenvalue weighted by atomic mass is 16.5. The van der Waals surface area contributed by atoms with Crippen molar-refractivity contribution in [1.82, 2.24) is 9.55 Å². The number of hydrogen-bond acceptors (Lipinski definition) is 2. The van der Waals surface area contributed by atoms with Crippen LogP contribution in [-0.2, 0) is 0 Å². The number of methoxy groups -OCH3 is 1. The van der Waals surface area contributed by atoms with Crippen molar-refractivity contribution in [2.24, 2.45) is 0 Å². The third-order valence-corrected chi connectivity index (χ3v) is 2.85. The Labute approximate surface area is 99.3 Å². The van der Waals surface area contributed by atoms with Crippen LogP contribution in [0.5, 0.6) is 5.75 Å². The normalized spacial score (nSPS) is 10.6. The monoisotopic (exact) mass is 224 g/mol. The van der Waals surface area contributed by atoms with Crippen LogP contribution >= 0.6 is 0 Å². The fraction of sp³-hybridized carbons (Fsp3) is 0.0714. The minimum atomic E-state index is 0.866. The van der Waals surface area contributed by atoms with E-state index in [0.29, 0.717) is 0 Å². The molecule has 3 aromatic rings. The smallest absolute Gasteiger partial charge is 0.119 e. The number of fused-ring (bicyclic) bond motifs is 1. The van der Waals surface area contributed by atoms with E-state index in [4.69, 9.17) is 4.74 Å². The zero-order valence-electron chi connectivity index (χ0n) is 9.50. The first-order chi connectivity index (χ1) is 8.38. The summed E-state index contributed by atoms with van der Waals surface area (Å²) in [5.41, 5.74) is 1.11. The maximum Gasteiger partial charge on any atom is 0.119 e. The lowest BCUT2D eigenvalue weighted by molar-refractivity contribution is 0.415. The van der Waals surface area contributed by atoms with Gasteiger partial charge in [0.2, 0.25) is 0 Å². The summed E-state index contributed by atoms with van der Waals surface area (Å²) in [7, 11) is 1.68. The first kappa shape index (κ1) is 9.90. The molecule has 0 spiro atoms. The summed E-state index contributed by atoms with van der Waals surface area (Å²) in [6.45, 7) is 0. The van der Waals surface area contributed by atoms with Crippen LogP contribution in [0.25, 0.3) is 16.5 Å². The van der Waals surface area contributed by atoms with Crippen molar-refractivity contribution in [1.29, 1.82) is 0 Å². The lowest BCUT2D eigenvalue weighted by Crippen LogP contribution is -1.92. The van der Waals surface area contributed by atoms with Gasteiger partial charge in [-0.3, -0.25) is 0 Å². The van der Waals surface area contributed by atoms with Crippen LogP contribution in [0.3, 0.4) is 0 Å². The number of rotatable bonds is 2. The lowest BCUT2D eigenvalue weighted by atomic mass is 10.1. The van der Waals surface area contributed by atoms with Crippen LogP contribution in [0, 0.1) is 0 Å². The molecule has 3 rings (SSSR count). The molecular weight excluding hydrogens is 212 g/mol. The molecule has 0 aliphatic carbocycles. The summed E-state index contributed by atoms with van der Waals surface area (Å²) in [5.74, 6) is 0.866. The van der Waals surface area contributed by atoms with Crippen LogP contribution in [0.15, 0.2) is 55.1 Å². The molecule has 3 nitrogen and oxygen atoms in total. The molecule has 84 valence electrons. The fourth-order valence-corrected chi connectivity index (χ4v) is 1.99. The molecule has 3 heteroatoms. The van der Waals surface area contributed by atoms with E-state index in [0.717, 1.165) is 16.8 Å². The number of hydrogen-bond donors (Lipinski definition) is 0. The van der Waals surface area contributed by atoms with Crippen molar-refractivity contribution < 1.29 is 4.74 Å². The van der Waals surface area contributed by atoms with Crippen molar-refractivity contribution in [2.75, 3.05) is 7.11 Å². The average molecular weight is 224 g/mol. The van der Waals surface area contributed by atoms with Crippen LogP contribution in [0.2, 0.25) is 0 Å². The molecule has 0 bridgehead atoms. The Hall–Kier alpha value is -2.29. The van der Waals surface area contributed by atoms with Gasteiger partial charge in [0.15, 0.2) is 0 Å². The Morgan fingerprint density at radius 3 is 2.88 bits per heavy atom. The van der Waals surface area contributed by atoms with E-state index in [2.05, 4.69) is 23.2 Å². The van der Waals surface area contributed by atoms with Gasteiger partial charge < -0.3 is 9.30 Å². The fourth-order valence-electron chi connectivity index (χ4n) is 1.99. The Bertz CT molecular complexity index is 644. The SMILES string of the molecule is COc1ccc2cccc(-n3ccnc3)c2c1. The number of imidazole rings is 1. The maximum atomic E-state index is 5.27. The number of nitrogens with zero attached hydrogens (tertiary/aromatic N) is 2. The number of benzene rings is 2. The van der Waals surface area contributed by atoms with E-state index in [9.17, 15) is 0 Å². The van der Waals surface area contributed by atoms with E-state index >= 15 is 0 Å². The van der Waals surface area contributed by atoms with E-state index in [1.54, 1.807) is 19.6 Å². The van der Waals surface area contributed by atoms with Gasteiger partial charge in [0.25, 0.3) is 0 Å². The maximum absolute atomic E-state index is 5.27. The first-order valence-corrected chi connectivity index (χ1v) is 5.43. The van der Waals surface area contributed by atoms with Crippen molar-refractivity contribution in [3.05, 3.63) is 55.1 Å². The second-order valence-electron chi connectivity index (χ2n) is 3.83. The van der Waals surface area contributed by atoms with E-state index in [-0.39, 0.29) is 0 Å². The van der Waals surface area contributed by atoms with Crippen LogP contribution in [0.1, 0.15) is 0 Å². The third kappa shape index (κ3) is 1.65. The molecule has 0 radical (unpaired) electrons. The predicted octanol–water partition coefficient (Wildman–Crippen LogP) is 3.03. The Kier molecular flexibility index (Phi) is 2.29. The molecule has 0 unspecified atom stereocenters. The van der Waals surface area contributed by atoms with Crippen molar-refractivity contribution in [3.8, 4) is 11.4 Å². The molecule has 0 amide bonds. The molecular formula is C14H12N2O. The van der Waals surface area contributed by atoms with Crippen molar-refractivity contribution >= 4 is 10.8 Å². The van der Waals surface area contributed by atoms with Gasteiger partial charge in [-0.1, -0.05) is 18.2 Å². The van der Waals surface area contributed by atoms with Gasteiger partial charge in [0.1, 0.15) is 5.75 Å². The van der Waals surface area contributed by atoms with Crippen LogP contribution in [-0.4, -0.2) is 16.7 Å². The van der Waals surface area contributed by atoms with Gasteiger partial charge in [-0.2, -0.15) is 0 Å². The average Bonchev–Trinajstić information content (AvgIpc) is 2.91. The van der Waals surface area contributed by atoms with Gasteiger partial charge in [-0.25, -0.2) is 4.98 Å². The second-order valence-corrected chi connectivity index (χ2v) is 3.83. The Morgan fingerprint density at radius 2 is 2.12 bits per heavy atom. The second kappa shape index (κ2) is 3.94. The molecule has 1 aromatic heterocycles. The largest absolute Gasteiger partial charge is 0.497 e. The molecule has 0 saturated heterocycles. The molecule has 0 atom stereocenters. The molecule has 0 fully saturated rings. The van der Waals surface area contributed by atoms with Crippen molar-refractivity contribution in [2.45, 2.75) is 0 Å². The highest BCUT2D eigenvalue weighted by Gasteiger charge is 2.03. The number of ether oxygens (including phenoxy) is 1. The topological polar surface area (TPSA) is 27.1 Å². The summed E-state index contributed by atoms with van der Waals surface area (Å²) >= 11 is 0. The highest BCUT2D eigenvalue weighted by molar-refractivity contribution is 5.91. The summed E-state index contributed by atoms with van der Waals surface area (Å²) < 4.78 is 7.27. The minimum Gasteiger partial charge on any atom is -0.497 e. The molecule has 0 aliphatic rings. The standard InChI is InChI=1S/C14H12N2O/c1-17-12-6-5-11-3-2-4-14(13(11)9-12)16-8-7-15-10-16/h2-10H,1H3. The minimum absolute atomic E-state index is 0.866. The summed E-state index contributed by atoms with van der Waals surface area (Å²) in [4.78, 5) is 4.08. The van der Waals surface area contributed by atoms with Gasteiger partial charge in [0, 0.05) is 17.8 Å². The van der Waals surface area contributed by atoms with Gasteiger partial charge in [0.05, 0.1) is 19.1 Å². The Balaban J connectivity index is 2.30. The van der Waals surface area contributed by atoms with Crippen molar-refractivity contribution in [3.63, 3.8) is 0 Å². The first-order valence-electron chi connectivity index (χ1n) is 5.43. The summed E-state index contributed by atoms with van der Waals surface area (Å²) in [6, 6.07) is 12.3. The third-order valence-electron chi connectivity index (χ3n) is 2.85. The highest BCUT2D eigenvalue weighted by Crippen LogP contribution is 2.26. The number of aromatic nitrogens is 2. The van der Waals surface area contributed by atoms with Gasteiger partial charge in [-0.05, 0) is 23.6 Å². The van der Waals surface area contributed by atoms with Crippen LogP contribution in [0.4, 0.5) is 0 Å². The molecule has 1 heterocycles. The van der Waals surface area contributed by atoms with Gasteiger partial charge >= 0.3 is 0 Å². The summed E-state index contributed by atoms with van der Waals surface area (Å²) in [5, 5.41) is 2.35.